The third kappa shape index (κ3) is 4.72. The summed E-state index contributed by atoms with van der Waals surface area (Å²) in [6.07, 6.45) is 2.62. The molecule has 1 N–H and O–H groups in total. The van der Waals surface area contributed by atoms with Crippen molar-refractivity contribution < 1.29 is 4.74 Å². The van der Waals surface area contributed by atoms with Crippen LogP contribution in [0.4, 0.5) is 0 Å². The molecule has 3 nitrogen and oxygen atoms in total. The highest BCUT2D eigenvalue weighted by Crippen LogP contribution is 2.25. The number of nitrogens with one attached hydrogen (secondary N) is 1. The second-order valence-corrected chi connectivity index (χ2v) is 5.96. The van der Waals surface area contributed by atoms with Crippen molar-refractivity contribution in [1.29, 1.82) is 0 Å². The normalized spacial score (nSPS) is 17.9. The highest BCUT2D eigenvalue weighted by molar-refractivity contribution is 5.29. The third-order valence-electron chi connectivity index (χ3n) is 4.58. The van der Waals surface area contributed by atoms with E-state index in [1.165, 1.54) is 38.0 Å². The van der Waals surface area contributed by atoms with Gasteiger partial charge in [0.25, 0.3) is 0 Å². The molecule has 1 aromatic carbocycles. The van der Waals surface area contributed by atoms with Crippen molar-refractivity contribution in [2.45, 2.75) is 39.7 Å². The topological polar surface area (TPSA) is 24.5 Å². The van der Waals surface area contributed by atoms with Crippen molar-refractivity contribution in [1.82, 2.24) is 10.2 Å². The molecule has 0 aromatic heterocycles. The molecule has 0 aliphatic carbocycles. The summed E-state index contributed by atoms with van der Waals surface area (Å²) in [7, 11) is 0. The van der Waals surface area contributed by atoms with Gasteiger partial charge in [-0.15, -0.1) is 0 Å². The van der Waals surface area contributed by atoms with Crippen LogP contribution in [0, 0.1) is 5.92 Å². The molecule has 1 aliphatic rings. The van der Waals surface area contributed by atoms with Gasteiger partial charge in [0.05, 0.1) is 6.61 Å². The van der Waals surface area contributed by atoms with Crippen LogP contribution in [0.1, 0.15) is 45.2 Å². The first-order chi connectivity index (χ1) is 10.2. The van der Waals surface area contributed by atoms with Crippen LogP contribution in [0.15, 0.2) is 24.3 Å². The van der Waals surface area contributed by atoms with Crippen LogP contribution >= 0.6 is 0 Å². The fraction of sp³-hybridized carbons (Fsp3) is 0.667. The van der Waals surface area contributed by atoms with Gasteiger partial charge in [-0.1, -0.05) is 19.1 Å². The maximum atomic E-state index is 5.53. The van der Waals surface area contributed by atoms with Crippen LogP contribution in [0.25, 0.3) is 0 Å². The number of hydrogen-bond acceptors (Lipinski definition) is 3. The van der Waals surface area contributed by atoms with E-state index in [9.17, 15) is 0 Å². The van der Waals surface area contributed by atoms with Gasteiger partial charge in [0.1, 0.15) is 5.75 Å². The van der Waals surface area contributed by atoms with E-state index in [0.717, 1.165) is 24.8 Å². The largest absolute Gasteiger partial charge is 0.494 e. The van der Waals surface area contributed by atoms with Gasteiger partial charge >= 0.3 is 0 Å². The number of nitrogens with zero attached hydrogens (tertiary/aromatic N) is 1. The molecule has 21 heavy (non-hydrogen) atoms. The average Bonchev–Trinajstić information content (AvgIpc) is 2.54. The third-order valence-corrected chi connectivity index (χ3v) is 4.58. The van der Waals surface area contributed by atoms with Crippen molar-refractivity contribution >= 4 is 0 Å². The molecule has 0 saturated carbocycles. The lowest BCUT2D eigenvalue weighted by Gasteiger charge is -2.33. The molecule has 1 aromatic rings. The first-order valence-corrected chi connectivity index (χ1v) is 8.42. The summed E-state index contributed by atoms with van der Waals surface area (Å²) in [5.41, 5.74) is 1.38. The molecule has 0 bridgehead atoms. The zero-order chi connectivity index (χ0) is 15.1. The summed E-state index contributed by atoms with van der Waals surface area (Å²) in [6, 6.07) is 9.07. The van der Waals surface area contributed by atoms with Gasteiger partial charge in [-0.3, -0.25) is 4.90 Å². The molecule has 0 radical (unpaired) electrons. The zero-order valence-corrected chi connectivity index (χ0v) is 13.8. The molecule has 2 rings (SSSR count). The highest BCUT2D eigenvalue weighted by atomic mass is 16.5. The Hall–Kier alpha value is -1.06. The van der Waals surface area contributed by atoms with E-state index in [4.69, 9.17) is 4.74 Å². The predicted molar refractivity (Wildman–Crippen MR) is 88.9 cm³/mol. The Kier molecular flexibility index (Phi) is 6.52. The molecule has 1 fully saturated rings. The van der Waals surface area contributed by atoms with Gasteiger partial charge in [0, 0.05) is 12.6 Å². The number of piperidine rings is 1. The van der Waals surface area contributed by atoms with E-state index >= 15 is 0 Å². The van der Waals surface area contributed by atoms with Crippen LogP contribution in [0.2, 0.25) is 0 Å². The van der Waals surface area contributed by atoms with Crippen molar-refractivity contribution in [2.75, 3.05) is 32.8 Å². The maximum absolute atomic E-state index is 5.53. The van der Waals surface area contributed by atoms with Gasteiger partial charge in [-0.05, 0) is 69.9 Å². The molecule has 118 valence electrons. The van der Waals surface area contributed by atoms with Gasteiger partial charge in [0.2, 0.25) is 0 Å². The van der Waals surface area contributed by atoms with Crippen LogP contribution < -0.4 is 10.1 Å². The Morgan fingerprint density at radius 3 is 2.43 bits per heavy atom. The SMILES string of the molecule is CCOc1ccc(C(C)N(CC)CC2CCNCC2)cc1. The Labute approximate surface area is 129 Å². The molecular weight excluding hydrogens is 260 g/mol. The van der Waals surface area contributed by atoms with Gasteiger partial charge in [0.15, 0.2) is 0 Å². The smallest absolute Gasteiger partial charge is 0.119 e. The summed E-state index contributed by atoms with van der Waals surface area (Å²) in [5.74, 6) is 1.81. The molecule has 1 saturated heterocycles. The van der Waals surface area contributed by atoms with E-state index in [1.807, 2.05) is 6.92 Å². The lowest BCUT2D eigenvalue weighted by Crippen LogP contribution is -2.37. The van der Waals surface area contributed by atoms with Crippen LogP contribution in [0.5, 0.6) is 5.75 Å². The Morgan fingerprint density at radius 2 is 1.86 bits per heavy atom. The second-order valence-electron chi connectivity index (χ2n) is 5.96. The molecule has 3 heteroatoms. The number of hydrogen-bond donors (Lipinski definition) is 1. The Morgan fingerprint density at radius 1 is 1.19 bits per heavy atom. The molecule has 1 unspecified atom stereocenters. The summed E-state index contributed by atoms with van der Waals surface area (Å²) >= 11 is 0. The second kappa shape index (κ2) is 8.40. The van der Waals surface area contributed by atoms with Crippen LogP contribution in [-0.4, -0.2) is 37.7 Å². The maximum Gasteiger partial charge on any atom is 0.119 e. The van der Waals surface area contributed by atoms with Crippen LogP contribution in [0.3, 0.4) is 0 Å². The number of rotatable bonds is 7. The van der Waals surface area contributed by atoms with Crippen molar-refractivity contribution in [3.63, 3.8) is 0 Å². The Bertz CT molecular complexity index is 398. The molecular formula is C18H30N2O. The lowest BCUT2D eigenvalue weighted by molar-refractivity contribution is 0.168. The standard InChI is InChI=1S/C18H30N2O/c1-4-20(14-16-10-12-19-13-11-16)15(3)17-6-8-18(9-7-17)21-5-2/h6-9,15-16,19H,4-5,10-14H2,1-3H3. The van der Waals surface area contributed by atoms with Crippen LogP contribution in [-0.2, 0) is 0 Å². The quantitative estimate of drug-likeness (QED) is 0.832. The average molecular weight is 290 g/mol. The summed E-state index contributed by atoms with van der Waals surface area (Å²) in [6.45, 7) is 12.0. The fourth-order valence-electron chi connectivity index (χ4n) is 3.18. The van der Waals surface area contributed by atoms with E-state index < -0.39 is 0 Å². The van der Waals surface area contributed by atoms with Gasteiger partial charge < -0.3 is 10.1 Å². The van der Waals surface area contributed by atoms with Gasteiger partial charge in [-0.25, -0.2) is 0 Å². The van der Waals surface area contributed by atoms with E-state index in [-0.39, 0.29) is 0 Å². The number of benzene rings is 1. The number of ether oxygens (including phenoxy) is 1. The zero-order valence-electron chi connectivity index (χ0n) is 13.8. The first-order valence-electron chi connectivity index (χ1n) is 8.42. The van der Waals surface area contributed by atoms with E-state index in [2.05, 4.69) is 48.3 Å². The van der Waals surface area contributed by atoms with Crippen molar-refractivity contribution in [3.05, 3.63) is 29.8 Å². The minimum Gasteiger partial charge on any atom is -0.494 e. The molecule has 1 heterocycles. The first kappa shape index (κ1) is 16.3. The lowest BCUT2D eigenvalue weighted by atomic mass is 9.96. The molecule has 1 aliphatic heterocycles. The minimum atomic E-state index is 0.473. The monoisotopic (exact) mass is 290 g/mol. The van der Waals surface area contributed by atoms with E-state index in [0.29, 0.717) is 6.04 Å². The van der Waals surface area contributed by atoms with Crippen molar-refractivity contribution in [2.24, 2.45) is 5.92 Å². The summed E-state index contributed by atoms with van der Waals surface area (Å²) in [4.78, 5) is 2.60. The minimum absolute atomic E-state index is 0.473. The fourth-order valence-corrected chi connectivity index (χ4v) is 3.18. The molecule has 1 atom stereocenters. The Balaban J connectivity index is 1.95. The van der Waals surface area contributed by atoms with Gasteiger partial charge in [-0.2, -0.15) is 0 Å². The van der Waals surface area contributed by atoms with E-state index in [1.54, 1.807) is 0 Å². The predicted octanol–water partition coefficient (Wildman–Crippen LogP) is 3.47. The highest BCUT2D eigenvalue weighted by Gasteiger charge is 2.20. The van der Waals surface area contributed by atoms with Crippen molar-refractivity contribution in [3.8, 4) is 5.75 Å². The summed E-state index contributed by atoms with van der Waals surface area (Å²) < 4.78 is 5.53. The molecule has 0 amide bonds. The summed E-state index contributed by atoms with van der Waals surface area (Å²) in [5, 5.41) is 3.45. The molecule has 0 spiro atoms.